The first kappa shape index (κ1) is 9.15. The van der Waals surface area contributed by atoms with E-state index in [1.165, 1.54) is 12.3 Å². The Balaban J connectivity index is 3.05. The van der Waals surface area contributed by atoms with Gasteiger partial charge in [-0.1, -0.05) is 0 Å². The van der Waals surface area contributed by atoms with Crippen LogP contribution < -0.4 is 5.73 Å². The van der Waals surface area contributed by atoms with Crippen molar-refractivity contribution in [2.45, 2.75) is 0 Å². The monoisotopic (exact) mass is 230 g/mol. The minimum Gasteiger partial charge on any atom is -0.397 e. The van der Waals surface area contributed by atoms with E-state index < -0.39 is 6.61 Å². The summed E-state index contributed by atoms with van der Waals surface area (Å²) in [5.74, 6) is -0.387. The van der Waals surface area contributed by atoms with Gasteiger partial charge in [0, 0.05) is 11.8 Å². The number of aromatic nitrogens is 1. The molecule has 5 heteroatoms. The van der Waals surface area contributed by atoms with E-state index in [-0.39, 0.29) is 5.78 Å². The molecule has 0 radical (unpaired) electrons. The third-order valence-electron chi connectivity index (χ3n) is 1.33. The molecule has 0 aliphatic carbocycles. The van der Waals surface area contributed by atoms with Gasteiger partial charge in [0.2, 0.25) is 0 Å². The van der Waals surface area contributed by atoms with Crippen molar-refractivity contribution in [1.82, 2.24) is 4.98 Å². The normalized spacial score (nSPS) is 9.83. The van der Waals surface area contributed by atoms with Crippen LogP contribution in [0.3, 0.4) is 0 Å². The molecule has 1 heterocycles. The Morgan fingerprint density at radius 2 is 2.42 bits per heavy atom. The Bertz CT molecular complexity index is 314. The maximum absolute atomic E-state index is 10.9. The third-order valence-corrected chi connectivity index (χ3v) is 1.99. The van der Waals surface area contributed by atoms with Crippen molar-refractivity contribution in [3.63, 3.8) is 0 Å². The number of carbonyl (C=O) groups is 1. The molecular formula is C7H7BrN2O2. The number of aliphatic hydroxyl groups excluding tert-OH is 1. The molecule has 1 aromatic heterocycles. The highest BCUT2D eigenvalue weighted by Crippen LogP contribution is 2.16. The Hall–Kier alpha value is -0.940. The van der Waals surface area contributed by atoms with E-state index in [1.807, 2.05) is 0 Å². The van der Waals surface area contributed by atoms with Crippen molar-refractivity contribution in [2.24, 2.45) is 0 Å². The number of ketones is 1. The lowest BCUT2D eigenvalue weighted by molar-refractivity contribution is 0.0903. The van der Waals surface area contributed by atoms with E-state index in [0.717, 1.165) is 0 Å². The van der Waals surface area contributed by atoms with E-state index in [4.69, 9.17) is 10.8 Å². The fourth-order valence-corrected chi connectivity index (χ4v) is 0.926. The van der Waals surface area contributed by atoms with E-state index in [1.54, 1.807) is 0 Å². The van der Waals surface area contributed by atoms with Crippen molar-refractivity contribution in [2.75, 3.05) is 12.3 Å². The van der Waals surface area contributed by atoms with Crippen molar-refractivity contribution in [3.05, 3.63) is 22.4 Å². The smallest absolute Gasteiger partial charge is 0.189 e. The Morgan fingerprint density at radius 1 is 1.75 bits per heavy atom. The average Bonchev–Trinajstić information content (AvgIpc) is 2.08. The lowest BCUT2D eigenvalue weighted by Crippen LogP contribution is -2.05. The van der Waals surface area contributed by atoms with Gasteiger partial charge >= 0.3 is 0 Å². The lowest BCUT2D eigenvalue weighted by atomic mass is 10.2. The molecule has 0 spiro atoms. The van der Waals surface area contributed by atoms with Gasteiger partial charge in [-0.05, 0) is 22.0 Å². The van der Waals surface area contributed by atoms with Crippen LogP contribution in [0.2, 0.25) is 0 Å². The zero-order valence-electron chi connectivity index (χ0n) is 6.12. The van der Waals surface area contributed by atoms with Crippen LogP contribution in [0.25, 0.3) is 0 Å². The van der Waals surface area contributed by atoms with Crippen LogP contribution >= 0.6 is 15.9 Å². The molecule has 3 N–H and O–H groups in total. The van der Waals surface area contributed by atoms with E-state index >= 15 is 0 Å². The summed E-state index contributed by atoms with van der Waals surface area (Å²) in [5, 5.41) is 8.52. The maximum atomic E-state index is 10.9. The molecular weight excluding hydrogens is 224 g/mol. The van der Waals surface area contributed by atoms with Crippen LogP contribution in [0.15, 0.2) is 16.9 Å². The molecule has 0 saturated carbocycles. The van der Waals surface area contributed by atoms with Gasteiger partial charge in [-0.15, -0.1) is 0 Å². The molecule has 0 aliphatic heterocycles. The molecule has 64 valence electrons. The fourth-order valence-electron chi connectivity index (χ4n) is 0.709. The van der Waals surface area contributed by atoms with Crippen LogP contribution in [0, 0.1) is 0 Å². The number of hydrogen-bond donors (Lipinski definition) is 2. The summed E-state index contributed by atoms with van der Waals surface area (Å²) in [6, 6.07) is 1.47. The molecule has 0 unspecified atom stereocenters. The van der Waals surface area contributed by atoms with E-state index in [9.17, 15) is 4.79 Å². The number of nitrogens with two attached hydrogens (primary N) is 1. The summed E-state index contributed by atoms with van der Waals surface area (Å²) in [6.45, 7) is -0.525. The Labute approximate surface area is 77.5 Å². The minimum absolute atomic E-state index is 0.318. The molecule has 0 saturated heterocycles. The van der Waals surface area contributed by atoms with Gasteiger partial charge in [-0.3, -0.25) is 4.79 Å². The molecule has 4 nitrogen and oxygen atoms in total. The lowest BCUT2D eigenvalue weighted by Gasteiger charge is -1.99. The van der Waals surface area contributed by atoms with Crippen molar-refractivity contribution >= 4 is 27.4 Å². The number of nitrogens with zero attached hydrogens (tertiary/aromatic N) is 1. The summed E-state index contributed by atoms with van der Waals surface area (Å²) in [7, 11) is 0. The van der Waals surface area contributed by atoms with Crippen LogP contribution in [0.1, 0.15) is 10.4 Å². The molecule has 1 rings (SSSR count). The van der Waals surface area contributed by atoms with Crippen molar-refractivity contribution in [3.8, 4) is 0 Å². The number of pyridine rings is 1. The zero-order valence-corrected chi connectivity index (χ0v) is 7.71. The molecule has 0 bridgehead atoms. The van der Waals surface area contributed by atoms with Crippen LogP contribution in [0.4, 0.5) is 5.69 Å². The summed E-state index contributed by atoms with van der Waals surface area (Å²) < 4.78 is 0.497. The highest BCUT2D eigenvalue weighted by molar-refractivity contribution is 9.10. The van der Waals surface area contributed by atoms with Gasteiger partial charge in [0.15, 0.2) is 5.78 Å². The third kappa shape index (κ3) is 1.80. The van der Waals surface area contributed by atoms with Gasteiger partial charge in [-0.2, -0.15) is 0 Å². The first-order valence-corrected chi connectivity index (χ1v) is 3.99. The molecule has 0 aromatic carbocycles. The number of halogens is 1. The van der Waals surface area contributed by atoms with Crippen LogP contribution in [0.5, 0.6) is 0 Å². The molecule has 1 aromatic rings. The predicted octanol–water partition coefficient (Wildman–Crippen LogP) is 0.601. The molecule has 0 amide bonds. The van der Waals surface area contributed by atoms with Crippen molar-refractivity contribution in [1.29, 1.82) is 0 Å². The molecule has 0 atom stereocenters. The highest BCUT2D eigenvalue weighted by atomic mass is 79.9. The number of nitrogen functional groups attached to an aromatic ring is 1. The maximum Gasteiger partial charge on any atom is 0.189 e. The number of rotatable bonds is 2. The summed E-state index contributed by atoms with van der Waals surface area (Å²) in [6.07, 6.45) is 1.36. The van der Waals surface area contributed by atoms with Gasteiger partial charge in [-0.25, -0.2) is 4.98 Å². The van der Waals surface area contributed by atoms with Crippen molar-refractivity contribution < 1.29 is 9.90 Å². The first-order valence-electron chi connectivity index (χ1n) is 3.20. The second-order valence-corrected chi connectivity index (χ2v) is 2.94. The molecule has 0 fully saturated rings. The molecule has 12 heavy (non-hydrogen) atoms. The second kappa shape index (κ2) is 3.64. The fraction of sp³-hybridized carbons (Fsp3) is 0.143. The van der Waals surface area contributed by atoms with Gasteiger partial charge in [0.25, 0.3) is 0 Å². The van der Waals surface area contributed by atoms with Crippen LogP contribution in [-0.4, -0.2) is 22.5 Å². The van der Waals surface area contributed by atoms with E-state index in [0.29, 0.717) is 15.9 Å². The minimum atomic E-state index is -0.525. The number of Topliss-reactive ketones (excluding diaryl/α,β-unsaturated/α-hetero) is 1. The quantitative estimate of drug-likeness (QED) is 0.577. The van der Waals surface area contributed by atoms with Crippen LogP contribution in [-0.2, 0) is 0 Å². The first-order chi connectivity index (χ1) is 5.65. The Morgan fingerprint density at radius 3 is 2.92 bits per heavy atom. The second-order valence-electron chi connectivity index (χ2n) is 2.19. The summed E-state index contributed by atoms with van der Waals surface area (Å²) >= 11 is 3.09. The summed E-state index contributed by atoms with van der Waals surface area (Å²) in [5.41, 5.74) is 6.17. The van der Waals surface area contributed by atoms with E-state index in [2.05, 4.69) is 20.9 Å². The average molecular weight is 231 g/mol. The number of carbonyl (C=O) groups excluding carboxylic acids is 1. The largest absolute Gasteiger partial charge is 0.397 e. The van der Waals surface area contributed by atoms with Gasteiger partial charge < -0.3 is 10.8 Å². The number of anilines is 1. The predicted molar refractivity (Wildman–Crippen MR) is 47.8 cm³/mol. The topological polar surface area (TPSA) is 76.2 Å². The zero-order chi connectivity index (χ0) is 9.14. The summed E-state index contributed by atoms with van der Waals surface area (Å²) in [4.78, 5) is 14.7. The SMILES string of the molecule is Nc1cc(C(=O)CO)cnc1Br. The Kier molecular flexibility index (Phi) is 2.78. The van der Waals surface area contributed by atoms with Gasteiger partial charge in [0.1, 0.15) is 11.2 Å². The number of hydrogen-bond acceptors (Lipinski definition) is 4. The molecule has 0 aliphatic rings. The highest BCUT2D eigenvalue weighted by Gasteiger charge is 2.06. The van der Waals surface area contributed by atoms with Gasteiger partial charge in [0.05, 0.1) is 5.69 Å². The standard InChI is InChI=1S/C7H7BrN2O2/c8-7-5(9)1-4(2-10-7)6(12)3-11/h1-2,11H,3,9H2. The number of aliphatic hydroxyl groups is 1.